The van der Waals surface area contributed by atoms with Crippen LogP contribution in [0.25, 0.3) is 11.3 Å². The van der Waals surface area contributed by atoms with Gasteiger partial charge in [0.15, 0.2) is 0 Å². The second-order valence-corrected chi connectivity index (χ2v) is 6.86. The molecular formula is C17H19N3O. The highest BCUT2D eigenvalue weighted by molar-refractivity contribution is 5.68. The maximum atomic E-state index is 9.72. The summed E-state index contributed by atoms with van der Waals surface area (Å²) < 4.78 is 0. The Morgan fingerprint density at radius 3 is 2.81 bits per heavy atom. The van der Waals surface area contributed by atoms with Crippen molar-refractivity contribution in [1.29, 1.82) is 0 Å². The van der Waals surface area contributed by atoms with E-state index in [9.17, 15) is 5.11 Å². The first-order chi connectivity index (χ1) is 9.96. The largest absolute Gasteiger partial charge is 0.508 e. The number of aromatic nitrogens is 2. The number of nitrogens with two attached hydrogens (primary N) is 1. The molecule has 3 N–H and O–H groups in total. The maximum Gasteiger partial charge on any atom is 0.220 e. The van der Waals surface area contributed by atoms with Crippen molar-refractivity contribution >= 4 is 5.95 Å². The van der Waals surface area contributed by atoms with Crippen LogP contribution >= 0.6 is 0 Å². The molecule has 0 radical (unpaired) electrons. The lowest BCUT2D eigenvalue weighted by Crippen LogP contribution is -2.48. The summed E-state index contributed by atoms with van der Waals surface area (Å²) in [5, 5.41) is 9.72. The molecule has 1 fully saturated rings. The van der Waals surface area contributed by atoms with Crippen LogP contribution in [0.3, 0.4) is 0 Å². The van der Waals surface area contributed by atoms with Gasteiger partial charge in [-0.05, 0) is 36.3 Å². The highest BCUT2D eigenvalue weighted by Crippen LogP contribution is 2.62. The van der Waals surface area contributed by atoms with Crippen molar-refractivity contribution < 1.29 is 5.11 Å². The quantitative estimate of drug-likeness (QED) is 0.842. The van der Waals surface area contributed by atoms with E-state index in [0.29, 0.717) is 23.2 Å². The number of phenolic OH excluding ortho intramolecular Hbond substituents is 1. The topological polar surface area (TPSA) is 72.0 Å². The summed E-state index contributed by atoms with van der Waals surface area (Å²) in [4.78, 5) is 9.00. The summed E-state index contributed by atoms with van der Waals surface area (Å²) in [6.07, 6.45) is 2.21. The van der Waals surface area contributed by atoms with E-state index in [-0.39, 0.29) is 5.75 Å². The van der Waals surface area contributed by atoms with Gasteiger partial charge >= 0.3 is 0 Å². The van der Waals surface area contributed by atoms with Gasteiger partial charge in [0, 0.05) is 17.0 Å². The zero-order valence-electron chi connectivity index (χ0n) is 12.3. The van der Waals surface area contributed by atoms with Gasteiger partial charge in [-0.3, -0.25) is 0 Å². The maximum absolute atomic E-state index is 9.72. The summed E-state index contributed by atoms with van der Waals surface area (Å²) in [6.45, 7) is 4.64. The van der Waals surface area contributed by atoms with Crippen LogP contribution in [0.2, 0.25) is 0 Å². The third kappa shape index (κ3) is 1.68. The predicted molar refractivity (Wildman–Crippen MR) is 81.9 cm³/mol. The fraction of sp³-hybridized carbons (Fsp3) is 0.412. The molecule has 4 nitrogen and oxygen atoms in total. The van der Waals surface area contributed by atoms with E-state index in [2.05, 4.69) is 23.8 Å². The zero-order valence-corrected chi connectivity index (χ0v) is 12.3. The average Bonchev–Trinajstić information content (AvgIpc) is 2.45. The molecule has 108 valence electrons. The van der Waals surface area contributed by atoms with Crippen LogP contribution in [0.5, 0.6) is 5.75 Å². The first-order valence-electron chi connectivity index (χ1n) is 7.42. The normalized spacial score (nSPS) is 25.0. The van der Waals surface area contributed by atoms with E-state index in [1.54, 1.807) is 12.1 Å². The minimum absolute atomic E-state index is 0.250. The summed E-state index contributed by atoms with van der Waals surface area (Å²) in [5.74, 6) is 1.75. The van der Waals surface area contributed by atoms with E-state index in [0.717, 1.165) is 23.4 Å². The molecule has 2 unspecified atom stereocenters. The van der Waals surface area contributed by atoms with Gasteiger partial charge in [0.2, 0.25) is 5.95 Å². The molecule has 1 aromatic carbocycles. The molecule has 0 amide bonds. The van der Waals surface area contributed by atoms with Gasteiger partial charge in [0.25, 0.3) is 0 Å². The Balaban J connectivity index is 1.91. The highest BCUT2D eigenvalue weighted by Gasteiger charge is 2.54. The Morgan fingerprint density at radius 1 is 1.29 bits per heavy atom. The van der Waals surface area contributed by atoms with E-state index >= 15 is 0 Å². The number of anilines is 1. The molecule has 2 atom stereocenters. The van der Waals surface area contributed by atoms with Crippen LogP contribution in [-0.2, 0) is 6.42 Å². The van der Waals surface area contributed by atoms with Gasteiger partial charge in [-0.25, -0.2) is 9.97 Å². The van der Waals surface area contributed by atoms with E-state index in [1.807, 2.05) is 12.1 Å². The molecule has 5 rings (SSSR count). The van der Waals surface area contributed by atoms with Gasteiger partial charge in [-0.1, -0.05) is 26.0 Å². The number of nitrogens with zero attached hydrogens (tertiary/aromatic N) is 2. The van der Waals surface area contributed by atoms with Crippen molar-refractivity contribution in [1.82, 2.24) is 9.97 Å². The number of rotatable bonds is 1. The molecule has 1 aromatic heterocycles. The lowest BCUT2D eigenvalue weighted by atomic mass is 9.48. The summed E-state index contributed by atoms with van der Waals surface area (Å²) in [6, 6.07) is 7.21. The first kappa shape index (κ1) is 12.6. The van der Waals surface area contributed by atoms with Crippen molar-refractivity contribution in [2.45, 2.75) is 32.6 Å². The van der Waals surface area contributed by atoms with E-state index in [4.69, 9.17) is 5.73 Å². The number of nitrogen functional groups attached to an aromatic ring is 1. The molecule has 21 heavy (non-hydrogen) atoms. The number of aromatic hydroxyl groups is 1. The van der Waals surface area contributed by atoms with Gasteiger partial charge in [0.05, 0.1) is 11.4 Å². The first-order valence-corrected chi connectivity index (χ1v) is 7.42. The number of benzene rings is 1. The monoisotopic (exact) mass is 281 g/mol. The predicted octanol–water partition coefficient (Wildman–Crippen LogP) is 3.12. The van der Waals surface area contributed by atoms with Crippen molar-refractivity contribution in [3.8, 4) is 17.0 Å². The fourth-order valence-electron chi connectivity index (χ4n) is 3.97. The average molecular weight is 281 g/mol. The highest BCUT2D eigenvalue weighted by atomic mass is 16.3. The summed E-state index contributed by atoms with van der Waals surface area (Å²) in [5.41, 5.74) is 10.4. The second-order valence-electron chi connectivity index (χ2n) is 6.86. The van der Waals surface area contributed by atoms with E-state index < -0.39 is 0 Å². The van der Waals surface area contributed by atoms with Crippen molar-refractivity contribution in [2.24, 2.45) is 11.3 Å². The zero-order chi connectivity index (χ0) is 14.8. The van der Waals surface area contributed by atoms with Crippen molar-refractivity contribution in [3.63, 3.8) is 0 Å². The summed E-state index contributed by atoms with van der Waals surface area (Å²) >= 11 is 0. The molecule has 1 saturated carbocycles. The molecule has 3 aliphatic carbocycles. The SMILES string of the molecule is CC1(C)C2Cc3c(-c4cccc(O)c4)nc(N)nc3C1C2. The smallest absolute Gasteiger partial charge is 0.220 e. The van der Waals surface area contributed by atoms with Crippen LogP contribution in [0.1, 0.15) is 37.4 Å². The van der Waals surface area contributed by atoms with Crippen LogP contribution in [0.4, 0.5) is 5.95 Å². The number of phenols is 1. The van der Waals surface area contributed by atoms with E-state index in [1.165, 1.54) is 12.0 Å². The van der Waals surface area contributed by atoms with Crippen molar-refractivity contribution in [3.05, 3.63) is 35.5 Å². The van der Waals surface area contributed by atoms with Gasteiger partial charge < -0.3 is 10.8 Å². The fourth-order valence-corrected chi connectivity index (χ4v) is 3.97. The van der Waals surface area contributed by atoms with Crippen LogP contribution in [0.15, 0.2) is 24.3 Å². The minimum atomic E-state index is 0.250. The van der Waals surface area contributed by atoms with Crippen LogP contribution < -0.4 is 5.73 Å². The third-order valence-electron chi connectivity index (χ3n) is 5.43. The lowest BCUT2D eigenvalue weighted by Gasteiger charge is -2.56. The molecule has 0 saturated heterocycles. The van der Waals surface area contributed by atoms with Crippen molar-refractivity contribution in [2.75, 3.05) is 5.73 Å². The van der Waals surface area contributed by atoms with Crippen LogP contribution in [-0.4, -0.2) is 15.1 Å². The Labute approximate surface area is 124 Å². The number of hydrogen-bond acceptors (Lipinski definition) is 4. The molecule has 0 spiro atoms. The Hall–Kier alpha value is -2.10. The molecule has 4 heteroatoms. The summed E-state index contributed by atoms with van der Waals surface area (Å²) in [7, 11) is 0. The molecule has 2 bridgehead atoms. The third-order valence-corrected chi connectivity index (χ3v) is 5.43. The molecule has 0 aliphatic heterocycles. The second kappa shape index (κ2) is 3.97. The molecule has 2 aromatic rings. The van der Waals surface area contributed by atoms with Gasteiger partial charge in [-0.15, -0.1) is 0 Å². The Morgan fingerprint density at radius 2 is 2.10 bits per heavy atom. The van der Waals surface area contributed by atoms with Crippen LogP contribution in [0, 0.1) is 11.3 Å². The van der Waals surface area contributed by atoms with Gasteiger partial charge in [-0.2, -0.15) is 0 Å². The molecule has 3 aliphatic rings. The minimum Gasteiger partial charge on any atom is -0.508 e. The standard InChI is InChI=1S/C17H19N3O/c1-17(2)10-7-12-14(9-4-3-5-11(21)6-9)19-16(18)20-15(12)13(17)8-10/h3-6,10,13,21H,7-8H2,1-2H3,(H2,18,19,20). The Kier molecular flexibility index (Phi) is 2.39. The molecular weight excluding hydrogens is 262 g/mol. The Bertz CT molecular complexity index is 739. The lowest BCUT2D eigenvalue weighted by molar-refractivity contribution is 0.0156. The van der Waals surface area contributed by atoms with Gasteiger partial charge in [0.1, 0.15) is 5.75 Å². The number of hydrogen-bond donors (Lipinski definition) is 2. The molecule has 1 heterocycles.